The summed E-state index contributed by atoms with van der Waals surface area (Å²) in [6.45, 7) is 7.12. The van der Waals surface area contributed by atoms with Crippen molar-refractivity contribution in [2.24, 2.45) is 0 Å². The molecule has 0 N–H and O–H groups in total. The molecule has 0 aliphatic rings. The van der Waals surface area contributed by atoms with Crippen LogP contribution >= 0.6 is 0 Å². The molecule has 1 aromatic heterocycles. The average Bonchev–Trinajstić information content (AvgIpc) is 2.93. The van der Waals surface area contributed by atoms with Crippen LogP contribution in [0.5, 0.6) is 0 Å². The molecule has 0 spiro atoms. The van der Waals surface area contributed by atoms with Crippen molar-refractivity contribution in [1.82, 2.24) is 9.78 Å². The second-order valence-electron chi connectivity index (χ2n) is 7.36. The highest BCUT2D eigenvalue weighted by atomic mass is 28.3. The summed E-state index contributed by atoms with van der Waals surface area (Å²) >= 11 is 0. The monoisotopic (exact) mass is 400 g/mol. The van der Waals surface area contributed by atoms with Crippen molar-refractivity contribution in [2.45, 2.75) is 39.0 Å². The number of nitrogens with zero attached hydrogens (tertiary/aromatic N) is 2. The summed E-state index contributed by atoms with van der Waals surface area (Å²) in [7, 11) is 0.132. The zero-order valence-electron chi connectivity index (χ0n) is 15.8. The Labute approximate surface area is 157 Å². The number of methoxy groups -OCH3 is 1. The first-order valence-corrected chi connectivity index (χ1v) is 12.1. The summed E-state index contributed by atoms with van der Waals surface area (Å²) < 4.78 is 52.9. The Morgan fingerprint density at radius 2 is 1.81 bits per heavy atom. The van der Waals surface area contributed by atoms with Gasteiger partial charge in [0.15, 0.2) is 23.7 Å². The van der Waals surface area contributed by atoms with Crippen LogP contribution in [0.25, 0.3) is 11.3 Å². The van der Waals surface area contributed by atoms with E-state index in [4.69, 9.17) is 9.47 Å². The van der Waals surface area contributed by atoms with Gasteiger partial charge in [0.05, 0.1) is 12.3 Å². The lowest BCUT2D eigenvalue weighted by atomic mass is 10.1. The third-order valence-electron chi connectivity index (χ3n) is 3.95. The quantitative estimate of drug-likeness (QED) is 0.273. The molecule has 1 heterocycles. The van der Waals surface area contributed by atoms with Crippen molar-refractivity contribution in [3.8, 4) is 11.3 Å². The molecule has 0 bridgehead atoms. The van der Waals surface area contributed by atoms with E-state index in [1.807, 2.05) is 0 Å². The van der Waals surface area contributed by atoms with Crippen molar-refractivity contribution in [3.05, 3.63) is 40.8 Å². The lowest BCUT2D eigenvalue weighted by Gasteiger charge is -2.16. The van der Waals surface area contributed by atoms with Crippen LogP contribution in [0.3, 0.4) is 0 Å². The van der Waals surface area contributed by atoms with Gasteiger partial charge in [-0.25, -0.2) is 17.9 Å². The van der Waals surface area contributed by atoms with Gasteiger partial charge in [-0.05, 0) is 18.2 Å². The van der Waals surface area contributed by atoms with Crippen LogP contribution in [0, 0.1) is 17.5 Å². The maximum absolute atomic E-state index is 13.7. The molecular formula is C18H23F3N2O3Si. The minimum Gasteiger partial charge on any atom is -0.380 e. The third-order valence-corrected chi connectivity index (χ3v) is 5.65. The van der Waals surface area contributed by atoms with Gasteiger partial charge < -0.3 is 9.47 Å². The zero-order valence-corrected chi connectivity index (χ0v) is 16.8. The smallest absolute Gasteiger partial charge is 0.194 e. The van der Waals surface area contributed by atoms with Gasteiger partial charge in [-0.3, -0.25) is 4.79 Å². The van der Waals surface area contributed by atoms with Crippen LogP contribution in [0.15, 0.2) is 12.1 Å². The van der Waals surface area contributed by atoms with Gasteiger partial charge in [0.25, 0.3) is 0 Å². The predicted molar refractivity (Wildman–Crippen MR) is 97.7 cm³/mol. The maximum atomic E-state index is 13.7. The zero-order chi connectivity index (χ0) is 20.2. The fourth-order valence-electron chi connectivity index (χ4n) is 2.54. The Hall–Kier alpha value is -1.97. The molecular weight excluding hydrogens is 377 g/mol. The van der Waals surface area contributed by atoms with Gasteiger partial charge in [0, 0.05) is 32.9 Å². The Bertz CT molecular complexity index is 796. The summed E-state index contributed by atoms with van der Waals surface area (Å²) in [4.78, 5) is 11.4. The summed E-state index contributed by atoms with van der Waals surface area (Å²) in [5.74, 6) is -4.21. The summed E-state index contributed by atoms with van der Waals surface area (Å²) in [5.41, 5.74) is 0.732. The van der Waals surface area contributed by atoms with E-state index in [2.05, 4.69) is 24.7 Å². The van der Waals surface area contributed by atoms with E-state index in [9.17, 15) is 18.0 Å². The molecule has 0 amide bonds. The molecule has 5 nitrogen and oxygen atoms in total. The highest BCUT2D eigenvalue weighted by molar-refractivity contribution is 6.76. The van der Waals surface area contributed by atoms with Crippen LogP contribution in [0.1, 0.15) is 16.1 Å². The van der Waals surface area contributed by atoms with Crippen LogP contribution in [-0.4, -0.2) is 37.9 Å². The van der Waals surface area contributed by atoms with Crippen LogP contribution < -0.4 is 0 Å². The lowest BCUT2D eigenvalue weighted by Crippen LogP contribution is -2.22. The minimum absolute atomic E-state index is 0.00107. The molecule has 2 aromatic rings. The predicted octanol–water partition coefficient (Wildman–Crippen LogP) is 4.24. The second kappa shape index (κ2) is 8.81. The highest BCUT2D eigenvalue weighted by Gasteiger charge is 2.22. The van der Waals surface area contributed by atoms with Gasteiger partial charge in [-0.2, -0.15) is 5.10 Å². The molecule has 0 fully saturated rings. The maximum Gasteiger partial charge on any atom is 0.194 e. The number of aromatic nitrogens is 2. The standard InChI is InChI=1S/C18H23F3N2O3Si/c1-25-10-13-16(9-24)22-23(11-26-5-6-27(2,3)4)18(13)12-7-14(19)17(21)15(20)8-12/h7-9H,5-6,10-11H2,1-4H3. The van der Waals surface area contributed by atoms with Gasteiger partial charge in [0.1, 0.15) is 12.4 Å². The fraction of sp³-hybridized carbons (Fsp3) is 0.444. The van der Waals surface area contributed by atoms with Crippen molar-refractivity contribution in [3.63, 3.8) is 0 Å². The van der Waals surface area contributed by atoms with E-state index in [-0.39, 0.29) is 30.3 Å². The first kappa shape index (κ1) is 21.3. The molecule has 0 saturated heterocycles. The van der Waals surface area contributed by atoms with Crippen LogP contribution in [0.2, 0.25) is 25.7 Å². The Kier molecular flexibility index (Phi) is 6.96. The number of benzene rings is 1. The molecule has 0 atom stereocenters. The largest absolute Gasteiger partial charge is 0.380 e. The van der Waals surface area contributed by atoms with Crippen LogP contribution in [0.4, 0.5) is 13.2 Å². The van der Waals surface area contributed by atoms with Crippen LogP contribution in [-0.2, 0) is 22.8 Å². The Morgan fingerprint density at radius 1 is 1.19 bits per heavy atom. The first-order chi connectivity index (χ1) is 12.7. The highest BCUT2D eigenvalue weighted by Crippen LogP contribution is 2.29. The van der Waals surface area contributed by atoms with Crippen molar-refractivity contribution in [1.29, 1.82) is 0 Å². The first-order valence-electron chi connectivity index (χ1n) is 8.44. The van der Waals surface area contributed by atoms with Crippen molar-refractivity contribution < 1.29 is 27.4 Å². The van der Waals surface area contributed by atoms with E-state index >= 15 is 0 Å². The number of carbonyl (C=O) groups is 1. The van der Waals surface area contributed by atoms with E-state index in [0.717, 1.165) is 18.2 Å². The number of halogens is 3. The SMILES string of the molecule is COCc1c(C=O)nn(COCC[Si](C)(C)C)c1-c1cc(F)c(F)c(F)c1. The number of ether oxygens (including phenoxy) is 2. The third kappa shape index (κ3) is 5.27. The Morgan fingerprint density at radius 3 is 2.33 bits per heavy atom. The number of aldehydes is 1. The van der Waals surface area contributed by atoms with E-state index in [1.54, 1.807) is 0 Å². The average molecular weight is 400 g/mol. The lowest BCUT2D eigenvalue weighted by molar-refractivity contribution is 0.0792. The van der Waals surface area contributed by atoms with Crippen molar-refractivity contribution >= 4 is 14.4 Å². The summed E-state index contributed by atoms with van der Waals surface area (Å²) in [5, 5.41) is 4.16. The molecule has 9 heteroatoms. The van der Waals surface area contributed by atoms with Crippen molar-refractivity contribution in [2.75, 3.05) is 13.7 Å². The molecule has 0 radical (unpaired) electrons. The normalized spacial score (nSPS) is 11.8. The second-order valence-corrected chi connectivity index (χ2v) is 13.0. The number of carbonyl (C=O) groups excluding carboxylic acids is 1. The van der Waals surface area contributed by atoms with Gasteiger partial charge in [-0.1, -0.05) is 19.6 Å². The summed E-state index contributed by atoms with van der Waals surface area (Å²) in [6, 6.07) is 2.65. The molecule has 148 valence electrons. The number of hydrogen-bond donors (Lipinski definition) is 0. The van der Waals surface area contributed by atoms with E-state index < -0.39 is 25.5 Å². The number of rotatable bonds is 9. The molecule has 0 saturated carbocycles. The van der Waals surface area contributed by atoms with Gasteiger partial charge >= 0.3 is 0 Å². The molecule has 0 aliphatic carbocycles. The topological polar surface area (TPSA) is 53.3 Å². The minimum atomic E-state index is -1.56. The van der Waals surface area contributed by atoms with Gasteiger partial charge in [-0.15, -0.1) is 0 Å². The molecule has 0 aliphatic heterocycles. The fourth-order valence-corrected chi connectivity index (χ4v) is 3.29. The number of hydrogen-bond acceptors (Lipinski definition) is 4. The molecule has 0 unspecified atom stereocenters. The van der Waals surface area contributed by atoms with E-state index in [1.165, 1.54) is 11.8 Å². The molecule has 27 heavy (non-hydrogen) atoms. The van der Waals surface area contributed by atoms with E-state index in [0.29, 0.717) is 18.5 Å². The van der Waals surface area contributed by atoms with Gasteiger partial charge in [0.2, 0.25) is 0 Å². The molecule has 1 aromatic carbocycles. The molecule has 2 rings (SSSR count). The Balaban J connectivity index is 2.43. The summed E-state index contributed by atoms with van der Waals surface area (Å²) in [6.07, 6.45) is 0.534.